The summed E-state index contributed by atoms with van der Waals surface area (Å²) >= 11 is 1.48. The number of amides is 1. The Labute approximate surface area is 109 Å². The van der Waals surface area contributed by atoms with Crippen molar-refractivity contribution in [3.63, 3.8) is 0 Å². The second-order valence-electron chi connectivity index (χ2n) is 3.53. The van der Waals surface area contributed by atoms with Crippen LogP contribution in [0.3, 0.4) is 0 Å². The number of benzene rings is 1. The van der Waals surface area contributed by atoms with Crippen LogP contribution in [0.5, 0.6) is 11.5 Å². The van der Waals surface area contributed by atoms with Gasteiger partial charge in [0.1, 0.15) is 11.5 Å². The molecule has 0 unspecified atom stereocenters. The maximum Gasteiger partial charge on any atom is 0.256 e. The molecule has 0 aliphatic heterocycles. The van der Waals surface area contributed by atoms with Crippen LogP contribution in [-0.4, -0.2) is 20.1 Å². The first-order chi connectivity index (χ1) is 8.74. The highest BCUT2D eigenvalue weighted by Crippen LogP contribution is 2.29. The number of thiophene rings is 1. The number of hydrogen-bond acceptors (Lipinski definition) is 4. The number of hydrogen-bond donors (Lipinski definition) is 1. The molecule has 1 N–H and O–H groups in total. The number of carbonyl (C=O) groups is 1. The van der Waals surface area contributed by atoms with Crippen molar-refractivity contribution in [3.05, 3.63) is 40.6 Å². The molecule has 4 nitrogen and oxygen atoms in total. The van der Waals surface area contributed by atoms with Gasteiger partial charge in [0.2, 0.25) is 0 Å². The molecule has 0 bridgehead atoms. The Balaban J connectivity index is 2.21. The van der Waals surface area contributed by atoms with E-state index in [4.69, 9.17) is 9.47 Å². The van der Waals surface area contributed by atoms with Gasteiger partial charge in [0, 0.05) is 11.4 Å². The predicted octanol–water partition coefficient (Wildman–Crippen LogP) is 3.02. The van der Waals surface area contributed by atoms with Gasteiger partial charge < -0.3 is 14.8 Å². The fourth-order valence-corrected chi connectivity index (χ4v) is 2.13. The topological polar surface area (TPSA) is 47.6 Å². The van der Waals surface area contributed by atoms with E-state index in [-0.39, 0.29) is 5.91 Å². The second kappa shape index (κ2) is 5.55. The van der Waals surface area contributed by atoms with Crippen molar-refractivity contribution in [2.75, 3.05) is 19.5 Å². The van der Waals surface area contributed by atoms with Gasteiger partial charge in [0.05, 0.1) is 25.5 Å². The monoisotopic (exact) mass is 263 g/mol. The van der Waals surface area contributed by atoms with Gasteiger partial charge in [-0.15, -0.1) is 0 Å². The van der Waals surface area contributed by atoms with E-state index in [9.17, 15) is 4.79 Å². The minimum Gasteiger partial charge on any atom is -0.497 e. The van der Waals surface area contributed by atoms with Crippen LogP contribution in [0.4, 0.5) is 5.69 Å². The molecule has 1 amide bonds. The Kier molecular flexibility index (Phi) is 3.84. The van der Waals surface area contributed by atoms with Gasteiger partial charge in [-0.25, -0.2) is 0 Å². The molecule has 0 atom stereocenters. The SMILES string of the molecule is COc1ccc(NC(=O)c2ccsc2)c(OC)c1. The fourth-order valence-electron chi connectivity index (χ4n) is 1.49. The average Bonchev–Trinajstić information content (AvgIpc) is 2.93. The Bertz CT molecular complexity index is 537. The van der Waals surface area contributed by atoms with Crippen LogP contribution in [0, 0.1) is 0 Å². The molecule has 18 heavy (non-hydrogen) atoms. The predicted molar refractivity (Wildman–Crippen MR) is 71.8 cm³/mol. The lowest BCUT2D eigenvalue weighted by atomic mass is 10.2. The van der Waals surface area contributed by atoms with Crippen molar-refractivity contribution in [2.45, 2.75) is 0 Å². The Morgan fingerprint density at radius 2 is 2.06 bits per heavy atom. The van der Waals surface area contributed by atoms with E-state index in [1.807, 2.05) is 5.38 Å². The van der Waals surface area contributed by atoms with E-state index in [0.717, 1.165) is 0 Å². The van der Waals surface area contributed by atoms with Crippen molar-refractivity contribution in [3.8, 4) is 11.5 Å². The summed E-state index contributed by atoms with van der Waals surface area (Å²) in [7, 11) is 3.13. The zero-order valence-corrected chi connectivity index (χ0v) is 10.9. The molecule has 0 spiro atoms. The summed E-state index contributed by atoms with van der Waals surface area (Å²) in [5.41, 5.74) is 1.26. The van der Waals surface area contributed by atoms with Gasteiger partial charge in [-0.2, -0.15) is 11.3 Å². The first-order valence-electron chi connectivity index (χ1n) is 5.30. The van der Waals surface area contributed by atoms with Crippen LogP contribution in [0.25, 0.3) is 0 Å². The molecular weight excluding hydrogens is 250 g/mol. The highest BCUT2D eigenvalue weighted by molar-refractivity contribution is 7.08. The van der Waals surface area contributed by atoms with Gasteiger partial charge in [-0.3, -0.25) is 4.79 Å². The lowest BCUT2D eigenvalue weighted by Gasteiger charge is -2.11. The third kappa shape index (κ3) is 2.62. The maximum atomic E-state index is 11.9. The second-order valence-corrected chi connectivity index (χ2v) is 4.31. The number of carbonyl (C=O) groups excluding carboxylic acids is 1. The van der Waals surface area contributed by atoms with Gasteiger partial charge in [0.25, 0.3) is 5.91 Å². The van der Waals surface area contributed by atoms with Gasteiger partial charge in [0.15, 0.2) is 0 Å². The van der Waals surface area contributed by atoms with Crippen LogP contribution in [0.1, 0.15) is 10.4 Å². The lowest BCUT2D eigenvalue weighted by molar-refractivity contribution is 0.102. The summed E-state index contributed by atoms with van der Waals surface area (Å²) in [6.45, 7) is 0. The molecule has 0 fully saturated rings. The molecule has 1 heterocycles. The smallest absolute Gasteiger partial charge is 0.256 e. The van der Waals surface area contributed by atoms with Gasteiger partial charge >= 0.3 is 0 Å². The number of ether oxygens (including phenoxy) is 2. The number of methoxy groups -OCH3 is 2. The quantitative estimate of drug-likeness (QED) is 0.922. The Morgan fingerprint density at radius 1 is 1.22 bits per heavy atom. The minimum absolute atomic E-state index is 0.153. The van der Waals surface area contributed by atoms with Crippen molar-refractivity contribution in [1.29, 1.82) is 0 Å². The van der Waals surface area contributed by atoms with Gasteiger partial charge in [-0.1, -0.05) is 0 Å². The third-order valence-electron chi connectivity index (χ3n) is 2.44. The lowest BCUT2D eigenvalue weighted by Crippen LogP contribution is -2.11. The average molecular weight is 263 g/mol. The highest BCUT2D eigenvalue weighted by atomic mass is 32.1. The maximum absolute atomic E-state index is 11.9. The van der Waals surface area contributed by atoms with Crippen LogP contribution in [-0.2, 0) is 0 Å². The molecule has 0 aliphatic carbocycles. The summed E-state index contributed by atoms with van der Waals surface area (Å²) in [4.78, 5) is 11.9. The number of rotatable bonds is 4. The van der Waals surface area contributed by atoms with Crippen LogP contribution in [0.2, 0.25) is 0 Å². The minimum atomic E-state index is -0.153. The van der Waals surface area contributed by atoms with E-state index >= 15 is 0 Å². The van der Waals surface area contributed by atoms with Crippen molar-refractivity contribution >= 4 is 22.9 Å². The number of anilines is 1. The van der Waals surface area contributed by atoms with E-state index in [1.54, 1.807) is 43.9 Å². The van der Waals surface area contributed by atoms with E-state index in [2.05, 4.69) is 5.32 Å². The first kappa shape index (κ1) is 12.4. The van der Waals surface area contributed by atoms with Crippen LogP contribution < -0.4 is 14.8 Å². The molecule has 2 rings (SSSR count). The van der Waals surface area contributed by atoms with Crippen molar-refractivity contribution in [1.82, 2.24) is 0 Å². The fraction of sp³-hybridized carbons (Fsp3) is 0.154. The summed E-state index contributed by atoms with van der Waals surface area (Å²) in [5, 5.41) is 6.46. The molecule has 0 aliphatic rings. The zero-order valence-electron chi connectivity index (χ0n) is 10.1. The van der Waals surface area contributed by atoms with Crippen molar-refractivity contribution in [2.24, 2.45) is 0 Å². The molecule has 5 heteroatoms. The van der Waals surface area contributed by atoms with E-state index < -0.39 is 0 Å². The van der Waals surface area contributed by atoms with E-state index in [0.29, 0.717) is 22.7 Å². The van der Waals surface area contributed by atoms with E-state index in [1.165, 1.54) is 11.3 Å². The molecule has 2 aromatic rings. The zero-order chi connectivity index (χ0) is 13.0. The van der Waals surface area contributed by atoms with Crippen LogP contribution >= 0.6 is 11.3 Å². The molecule has 0 radical (unpaired) electrons. The molecule has 0 saturated heterocycles. The summed E-state index contributed by atoms with van der Waals surface area (Å²) in [6.07, 6.45) is 0. The van der Waals surface area contributed by atoms with Gasteiger partial charge in [-0.05, 0) is 23.6 Å². The largest absolute Gasteiger partial charge is 0.497 e. The Hall–Kier alpha value is -2.01. The summed E-state index contributed by atoms with van der Waals surface area (Å²) in [5.74, 6) is 1.10. The standard InChI is InChI=1S/C13H13NO3S/c1-16-10-3-4-11(12(7-10)17-2)14-13(15)9-5-6-18-8-9/h3-8H,1-2H3,(H,14,15). The normalized spacial score (nSPS) is 9.89. The Morgan fingerprint density at radius 3 is 2.67 bits per heavy atom. The summed E-state index contributed by atoms with van der Waals surface area (Å²) < 4.78 is 10.3. The van der Waals surface area contributed by atoms with Crippen molar-refractivity contribution < 1.29 is 14.3 Å². The third-order valence-corrected chi connectivity index (χ3v) is 3.12. The van der Waals surface area contributed by atoms with Crippen LogP contribution in [0.15, 0.2) is 35.0 Å². The molecule has 94 valence electrons. The first-order valence-corrected chi connectivity index (χ1v) is 6.24. The number of nitrogens with one attached hydrogen (secondary N) is 1. The molecule has 1 aromatic carbocycles. The summed E-state index contributed by atoms with van der Waals surface area (Å²) in [6, 6.07) is 7.02. The molecular formula is C13H13NO3S. The molecule has 1 aromatic heterocycles. The highest BCUT2D eigenvalue weighted by Gasteiger charge is 2.10. The molecule has 0 saturated carbocycles.